The lowest BCUT2D eigenvalue weighted by Crippen LogP contribution is -2.32. The van der Waals surface area contributed by atoms with Crippen LogP contribution in [0.3, 0.4) is 0 Å². The SMILES string of the molecule is Cc1ccc(-c2c([C@H](OC(C)(C)C)C(=O)O)c(C)c3c4c2cc(C)n4CCN3c2ncc(O[C@@H]3CCN(C)C3)cn2)cc1. The number of likely N-dealkylation sites (N-methyl/N-ethyl adjacent to an activating group) is 1. The van der Waals surface area contributed by atoms with Crippen LogP contribution in [0, 0.1) is 20.8 Å². The lowest BCUT2D eigenvalue weighted by Gasteiger charge is -2.35. The van der Waals surface area contributed by atoms with Crippen molar-refractivity contribution in [2.45, 2.75) is 72.3 Å². The highest BCUT2D eigenvalue weighted by Gasteiger charge is 2.36. The van der Waals surface area contributed by atoms with Crippen LogP contribution in [-0.4, -0.2) is 68.9 Å². The second-order valence-corrected chi connectivity index (χ2v) is 12.9. The van der Waals surface area contributed by atoms with Gasteiger partial charge in [0.25, 0.3) is 0 Å². The maximum Gasteiger partial charge on any atom is 0.337 e. The minimum absolute atomic E-state index is 0.134. The van der Waals surface area contributed by atoms with Crippen molar-refractivity contribution in [3.8, 4) is 16.9 Å². The largest absolute Gasteiger partial charge is 0.486 e. The van der Waals surface area contributed by atoms with E-state index < -0.39 is 17.7 Å². The molecule has 0 spiro atoms. The van der Waals surface area contributed by atoms with E-state index in [4.69, 9.17) is 19.4 Å². The summed E-state index contributed by atoms with van der Waals surface area (Å²) in [5.74, 6) is 0.192. The van der Waals surface area contributed by atoms with Gasteiger partial charge in [0, 0.05) is 42.8 Å². The quantitative estimate of drug-likeness (QED) is 0.275. The van der Waals surface area contributed by atoms with Gasteiger partial charge in [-0.25, -0.2) is 14.8 Å². The minimum Gasteiger partial charge on any atom is -0.486 e. The average Bonchev–Trinajstić information content (AvgIpc) is 3.52. The lowest BCUT2D eigenvalue weighted by molar-refractivity contribution is -0.160. The highest BCUT2D eigenvalue weighted by molar-refractivity contribution is 6.08. The van der Waals surface area contributed by atoms with Crippen LogP contribution in [0.25, 0.3) is 22.0 Å². The minimum atomic E-state index is -1.18. The lowest BCUT2D eigenvalue weighted by atomic mass is 9.87. The fourth-order valence-electron chi connectivity index (χ4n) is 6.53. The zero-order valence-electron chi connectivity index (χ0n) is 26.1. The highest BCUT2D eigenvalue weighted by Crippen LogP contribution is 2.49. The van der Waals surface area contributed by atoms with E-state index in [1.807, 2.05) is 27.7 Å². The van der Waals surface area contributed by atoms with Gasteiger partial charge < -0.3 is 28.9 Å². The molecule has 2 aliphatic heterocycles. The molecule has 2 aromatic carbocycles. The number of benzene rings is 2. The molecule has 1 fully saturated rings. The number of carbonyl (C=O) groups is 1. The zero-order valence-corrected chi connectivity index (χ0v) is 26.1. The Kier molecular flexibility index (Phi) is 7.42. The molecule has 1 saturated heterocycles. The Bertz CT molecular complexity index is 1670. The summed E-state index contributed by atoms with van der Waals surface area (Å²) >= 11 is 0. The van der Waals surface area contributed by atoms with E-state index in [2.05, 4.69) is 65.6 Å². The van der Waals surface area contributed by atoms with Gasteiger partial charge >= 0.3 is 5.97 Å². The zero-order chi connectivity index (χ0) is 30.6. The van der Waals surface area contributed by atoms with Crippen LogP contribution in [0.1, 0.15) is 55.7 Å². The second kappa shape index (κ2) is 11.0. The van der Waals surface area contributed by atoms with Crippen LogP contribution in [-0.2, 0) is 16.1 Å². The molecular formula is C34H41N5O4. The Morgan fingerprint density at radius 2 is 1.74 bits per heavy atom. The number of aryl methyl sites for hydroxylation is 2. The van der Waals surface area contributed by atoms with E-state index in [1.54, 1.807) is 12.4 Å². The smallest absolute Gasteiger partial charge is 0.337 e. The molecule has 2 aromatic heterocycles. The number of rotatable bonds is 7. The van der Waals surface area contributed by atoms with Gasteiger partial charge in [-0.1, -0.05) is 29.8 Å². The van der Waals surface area contributed by atoms with Crippen molar-refractivity contribution in [1.82, 2.24) is 19.4 Å². The fourth-order valence-corrected chi connectivity index (χ4v) is 6.53. The maximum atomic E-state index is 13.0. The molecule has 0 bridgehead atoms. The number of nitrogens with zero attached hydrogens (tertiary/aromatic N) is 5. The first-order chi connectivity index (χ1) is 20.4. The standard InChI is InChI=1S/C34H41N5O4/c1-20-8-10-23(11-9-20)28-26-16-21(2)38-14-15-39(33-35-17-25(18-36-33)42-24-12-13-37(7)19-24)29(30(26)38)22(3)27(28)31(32(40)41)43-34(4,5)6/h8-11,16-18,24,31H,12-15,19H2,1-7H3,(H,40,41)/t24-,31+/m1/s1. The van der Waals surface area contributed by atoms with Crippen molar-refractivity contribution in [1.29, 1.82) is 0 Å². The van der Waals surface area contributed by atoms with Gasteiger partial charge in [-0.2, -0.15) is 0 Å². The molecule has 2 aliphatic rings. The van der Waals surface area contributed by atoms with Crippen LogP contribution < -0.4 is 9.64 Å². The Morgan fingerprint density at radius 3 is 2.35 bits per heavy atom. The first-order valence-corrected chi connectivity index (χ1v) is 15.0. The number of hydrogen-bond acceptors (Lipinski definition) is 7. The molecule has 1 N–H and O–H groups in total. The van der Waals surface area contributed by atoms with E-state index in [0.717, 1.165) is 70.6 Å². The number of anilines is 2. The summed E-state index contributed by atoms with van der Waals surface area (Å²) < 4.78 is 14.8. The number of ether oxygens (including phenoxy) is 2. The van der Waals surface area contributed by atoms with Crippen LogP contribution in [0.2, 0.25) is 0 Å². The molecule has 2 atom stereocenters. The monoisotopic (exact) mass is 583 g/mol. The van der Waals surface area contributed by atoms with E-state index in [1.165, 1.54) is 0 Å². The summed E-state index contributed by atoms with van der Waals surface area (Å²) in [6, 6.07) is 10.5. The average molecular weight is 584 g/mol. The normalized spacial score (nSPS) is 17.9. The molecule has 4 aromatic rings. The van der Waals surface area contributed by atoms with Crippen LogP contribution in [0.15, 0.2) is 42.7 Å². The van der Waals surface area contributed by atoms with Crippen molar-refractivity contribution < 1.29 is 19.4 Å². The van der Waals surface area contributed by atoms with E-state index in [-0.39, 0.29) is 6.10 Å². The summed E-state index contributed by atoms with van der Waals surface area (Å²) in [6.07, 6.45) is 3.43. The number of carboxylic acids is 1. The van der Waals surface area contributed by atoms with Gasteiger partial charge in [0.05, 0.1) is 29.2 Å². The summed E-state index contributed by atoms with van der Waals surface area (Å²) in [5.41, 5.74) is 6.90. The second-order valence-electron chi connectivity index (χ2n) is 12.9. The van der Waals surface area contributed by atoms with Crippen molar-refractivity contribution in [2.24, 2.45) is 0 Å². The van der Waals surface area contributed by atoms with Gasteiger partial charge in [-0.05, 0) is 77.8 Å². The Labute approximate surface area is 253 Å². The van der Waals surface area contributed by atoms with E-state index >= 15 is 0 Å². The van der Waals surface area contributed by atoms with E-state index in [9.17, 15) is 9.90 Å². The van der Waals surface area contributed by atoms with Gasteiger partial charge in [0.15, 0.2) is 11.9 Å². The Balaban J connectivity index is 1.54. The van der Waals surface area contributed by atoms with Gasteiger partial charge in [-0.3, -0.25) is 0 Å². The van der Waals surface area contributed by atoms with Crippen LogP contribution in [0.4, 0.5) is 11.6 Å². The first-order valence-electron chi connectivity index (χ1n) is 15.0. The van der Waals surface area contributed by atoms with Gasteiger partial charge in [-0.15, -0.1) is 0 Å². The molecule has 4 heterocycles. The Morgan fingerprint density at radius 1 is 1.05 bits per heavy atom. The fraction of sp³-hybridized carbons (Fsp3) is 0.441. The number of carboxylic acid groups (broad SMARTS) is 1. The van der Waals surface area contributed by atoms with Crippen LogP contribution in [0.5, 0.6) is 5.75 Å². The molecule has 6 rings (SSSR count). The molecule has 9 nitrogen and oxygen atoms in total. The van der Waals surface area contributed by atoms with Crippen molar-refractivity contribution >= 4 is 28.5 Å². The topological polar surface area (TPSA) is 93.0 Å². The molecule has 0 aliphatic carbocycles. The third-order valence-electron chi connectivity index (χ3n) is 8.45. The third-order valence-corrected chi connectivity index (χ3v) is 8.45. The number of aliphatic carboxylic acids is 1. The predicted octanol–water partition coefficient (Wildman–Crippen LogP) is 6.20. The van der Waals surface area contributed by atoms with Crippen molar-refractivity contribution in [3.05, 3.63) is 65.1 Å². The third kappa shape index (κ3) is 5.47. The number of likely N-dealkylation sites (tertiary alicyclic amines) is 1. The Hall–Kier alpha value is -3.95. The molecule has 0 unspecified atom stereocenters. The highest BCUT2D eigenvalue weighted by atomic mass is 16.5. The number of hydrogen-bond donors (Lipinski definition) is 1. The molecular weight excluding hydrogens is 542 g/mol. The summed E-state index contributed by atoms with van der Waals surface area (Å²) in [7, 11) is 2.10. The maximum absolute atomic E-state index is 13.0. The molecule has 0 radical (unpaired) electrons. The molecule has 0 saturated carbocycles. The molecule has 43 heavy (non-hydrogen) atoms. The predicted molar refractivity (Wildman–Crippen MR) is 168 cm³/mol. The number of aromatic nitrogens is 3. The molecule has 9 heteroatoms. The van der Waals surface area contributed by atoms with Gasteiger partial charge in [0.1, 0.15) is 6.10 Å². The summed E-state index contributed by atoms with van der Waals surface area (Å²) in [4.78, 5) is 26.8. The van der Waals surface area contributed by atoms with E-state index in [0.29, 0.717) is 23.8 Å². The van der Waals surface area contributed by atoms with Crippen molar-refractivity contribution in [3.63, 3.8) is 0 Å². The first kappa shape index (κ1) is 29.1. The molecule has 226 valence electrons. The molecule has 0 amide bonds. The summed E-state index contributed by atoms with van der Waals surface area (Å²) in [6.45, 7) is 15.1. The van der Waals surface area contributed by atoms with Crippen molar-refractivity contribution in [2.75, 3.05) is 31.6 Å². The van der Waals surface area contributed by atoms with Gasteiger partial charge in [0.2, 0.25) is 5.95 Å². The summed E-state index contributed by atoms with van der Waals surface area (Å²) in [5, 5.41) is 11.6. The van der Waals surface area contributed by atoms with Crippen LogP contribution >= 0.6 is 0 Å².